The first-order valence-electron chi connectivity index (χ1n) is 4.79. The lowest BCUT2D eigenvalue weighted by Crippen LogP contribution is -2.06. The van der Waals surface area contributed by atoms with E-state index in [4.69, 9.17) is 5.11 Å². The molecule has 0 aliphatic carbocycles. The van der Waals surface area contributed by atoms with Crippen LogP contribution in [0.3, 0.4) is 0 Å². The van der Waals surface area contributed by atoms with E-state index in [1.807, 2.05) is 0 Å². The Bertz CT molecular complexity index is 546. The highest BCUT2D eigenvalue weighted by molar-refractivity contribution is 5.65. The van der Waals surface area contributed by atoms with E-state index in [-0.39, 0.29) is 18.0 Å². The molecule has 1 aromatic heterocycles. The van der Waals surface area contributed by atoms with Crippen LogP contribution in [0, 0.1) is 5.82 Å². The lowest BCUT2D eigenvalue weighted by atomic mass is 10.0. The van der Waals surface area contributed by atoms with Crippen molar-refractivity contribution in [3.63, 3.8) is 0 Å². The van der Waals surface area contributed by atoms with Gasteiger partial charge in [0.25, 0.3) is 0 Å². The van der Waals surface area contributed by atoms with Crippen LogP contribution in [-0.2, 0) is 6.61 Å². The first kappa shape index (κ1) is 10.6. The Kier molecular flexibility index (Phi) is 2.83. The summed E-state index contributed by atoms with van der Waals surface area (Å²) in [5.41, 5.74) is 1.70. The normalized spacial score (nSPS) is 10.4. The van der Waals surface area contributed by atoms with E-state index in [1.165, 1.54) is 24.4 Å². The summed E-state index contributed by atoms with van der Waals surface area (Å²) in [4.78, 5) is 13.6. The van der Waals surface area contributed by atoms with Crippen LogP contribution in [0.15, 0.2) is 41.3 Å². The molecule has 2 aromatic rings. The topological polar surface area (TPSA) is 53.1 Å². The molecule has 3 nitrogen and oxygen atoms in total. The van der Waals surface area contributed by atoms with Gasteiger partial charge >= 0.3 is 0 Å². The number of nitrogens with one attached hydrogen (secondary N) is 1. The average molecular weight is 219 g/mol. The Labute approximate surface area is 91.2 Å². The fourth-order valence-corrected chi connectivity index (χ4v) is 1.54. The van der Waals surface area contributed by atoms with Gasteiger partial charge in [0.15, 0.2) is 0 Å². The maximum Gasteiger partial charge on any atom is 0.248 e. The molecule has 4 heteroatoms. The van der Waals surface area contributed by atoms with Crippen molar-refractivity contribution in [1.82, 2.24) is 4.98 Å². The fourth-order valence-electron chi connectivity index (χ4n) is 1.54. The number of aromatic nitrogens is 1. The van der Waals surface area contributed by atoms with Gasteiger partial charge in [-0.2, -0.15) is 0 Å². The van der Waals surface area contributed by atoms with Crippen molar-refractivity contribution in [1.29, 1.82) is 0 Å². The number of rotatable bonds is 2. The molecule has 0 atom stereocenters. The Balaban J connectivity index is 2.55. The van der Waals surface area contributed by atoms with Gasteiger partial charge in [0, 0.05) is 17.8 Å². The van der Waals surface area contributed by atoms with Gasteiger partial charge in [-0.1, -0.05) is 12.1 Å². The molecule has 2 N–H and O–H groups in total. The van der Waals surface area contributed by atoms with E-state index in [1.54, 1.807) is 12.1 Å². The van der Waals surface area contributed by atoms with Gasteiger partial charge in [-0.25, -0.2) is 4.39 Å². The molecular formula is C12H10FNO2. The summed E-state index contributed by atoms with van der Waals surface area (Å²) < 4.78 is 12.7. The second kappa shape index (κ2) is 4.28. The molecule has 82 valence electrons. The number of hydrogen-bond acceptors (Lipinski definition) is 2. The Morgan fingerprint density at radius 3 is 2.56 bits per heavy atom. The Hall–Kier alpha value is -1.94. The summed E-state index contributed by atoms with van der Waals surface area (Å²) in [7, 11) is 0. The number of aliphatic hydroxyl groups is 1. The van der Waals surface area contributed by atoms with E-state index in [0.29, 0.717) is 11.1 Å². The maximum absolute atomic E-state index is 12.7. The molecule has 1 aromatic carbocycles. The predicted octanol–water partition coefficient (Wildman–Crippen LogP) is 1.67. The van der Waals surface area contributed by atoms with E-state index in [9.17, 15) is 9.18 Å². The van der Waals surface area contributed by atoms with Gasteiger partial charge in [-0.15, -0.1) is 0 Å². The van der Waals surface area contributed by atoms with Crippen molar-refractivity contribution in [3.05, 3.63) is 58.3 Å². The number of aromatic amines is 1. The van der Waals surface area contributed by atoms with Gasteiger partial charge < -0.3 is 10.1 Å². The van der Waals surface area contributed by atoms with Crippen LogP contribution < -0.4 is 5.56 Å². The molecule has 0 amide bonds. The molecule has 0 aliphatic heterocycles. The molecule has 0 spiro atoms. The van der Waals surface area contributed by atoms with Crippen molar-refractivity contribution >= 4 is 0 Å². The second-order valence-corrected chi connectivity index (χ2v) is 3.40. The van der Waals surface area contributed by atoms with Crippen LogP contribution in [0.2, 0.25) is 0 Å². The maximum atomic E-state index is 12.7. The van der Waals surface area contributed by atoms with Crippen LogP contribution in [0.4, 0.5) is 4.39 Å². The first-order chi connectivity index (χ1) is 7.70. The lowest BCUT2D eigenvalue weighted by molar-refractivity contribution is 0.282. The summed E-state index contributed by atoms with van der Waals surface area (Å²) >= 11 is 0. The summed E-state index contributed by atoms with van der Waals surface area (Å²) in [6, 6.07) is 7.20. The van der Waals surface area contributed by atoms with E-state index < -0.39 is 0 Å². The van der Waals surface area contributed by atoms with Gasteiger partial charge in [0.2, 0.25) is 5.56 Å². The SMILES string of the molecule is O=c1cc(CO)c(-c2ccc(F)cc2)c[nH]1. The Morgan fingerprint density at radius 1 is 1.25 bits per heavy atom. The van der Waals surface area contributed by atoms with Crippen molar-refractivity contribution in [2.75, 3.05) is 0 Å². The van der Waals surface area contributed by atoms with E-state index >= 15 is 0 Å². The molecule has 16 heavy (non-hydrogen) atoms. The highest BCUT2D eigenvalue weighted by Gasteiger charge is 2.05. The number of halogens is 1. The van der Waals surface area contributed by atoms with Crippen LogP contribution in [0.1, 0.15) is 5.56 Å². The van der Waals surface area contributed by atoms with Crippen molar-refractivity contribution in [3.8, 4) is 11.1 Å². The predicted molar refractivity (Wildman–Crippen MR) is 58.4 cm³/mol. The fraction of sp³-hybridized carbons (Fsp3) is 0.0833. The molecule has 0 fully saturated rings. The number of hydrogen-bond donors (Lipinski definition) is 2. The van der Waals surface area contributed by atoms with E-state index in [2.05, 4.69) is 4.98 Å². The van der Waals surface area contributed by atoms with Crippen LogP contribution >= 0.6 is 0 Å². The first-order valence-corrected chi connectivity index (χ1v) is 4.79. The Morgan fingerprint density at radius 2 is 1.94 bits per heavy atom. The molecule has 0 bridgehead atoms. The quantitative estimate of drug-likeness (QED) is 0.807. The van der Waals surface area contributed by atoms with Crippen LogP contribution in [0.25, 0.3) is 11.1 Å². The van der Waals surface area contributed by atoms with Crippen molar-refractivity contribution < 1.29 is 9.50 Å². The zero-order chi connectivity index (χ0) is 11.5. The molecular weight excluding hydrogens is 209 g/mol. The third kappa shape index (κ3) is 2.01. The van der Waals surface area contributed by atoms with Gasteiger partial charge in [-0.05, 0) is 23.3 Å². The molecule has 1 heterocycles. The number of H-pyrrole nitrogens is 1. The zero-order valence-corrected chi connectivity index (χ0v) is 8.40. The molecule has 0 saturated carbocycles. The zero-order valence-electron chi connectivity index (χ0n) is 8.40. The van der Waals surface area contributed by atoms with Gasteiger partial charge in [0.1, 0.15) is 5.82 Å². The van der Waals surface area contributed by atoms with E-state index in [0.717, 1.165) is 5.56 Å². The second-order valence-electron chi connectivity index (χ2n) is 3.40. The number of pyridine rings is 1. The largest absolute Gasteiger partial charge is 0.392 e. The minimum absolute atomic E-state index is 0.226. The monoisotopic (exact) mass is 219 g/mol. The summed E-state index contributed by atoms with van der Waals surface area (Å²) in [5, 5.41) is 9.13. The highest BCUT2D eigenvalue weighted by atomic mass is 19.1. The molecule has 0 radical (unpaired) electrons. The molecule has 0 unspecified atom stereocenters. The third-order valence-electron chi connectivity index (χ3n) is 2.34. The van der Waals surface area contributed by atoms with Crippen LogP contribution in [-0.4, -0.2) is 10.1 Å². The molecule has 2 rings (SSSR count). The smallest absolute Gasteiger partial charge is 0.248 e. The number of benzene rings is 1. The summed E-state index contributed by atoms with van der Waals surface area (Å²) in [6.45, 7) is -0.226. The van der Waals surface area contributed by atoms with Gasteiger partial charge in [-0.3, -0.25) is 4.79 Å². The molecule has 0 aliphatic rings. The minimum Gasteiger partial charge on any atom is -0.392 e. The summed E-state index contributed by atoms with van der Waals surface area (Å²) in [5.74, 6) is -0.321. The third-order valence-corrected chi connectivity index (χ3v) is 2.34. The molecule has 0 saturated heterocycles. The van der Waals surface area contributed by atoms with Crippen molar-refractivity contribution in [2.24, 2.45) is 0 Å². The van der Waals surface area contributed by atoms with Crippen LogP contribution in [0.5, 0.6) is 0 Å². The van der Waals surface area contributed by atoms with Gasteiger partial charge in [0.05, 0.1) is 6.61 Å². The lowest BCUT2D eigenvalue weighted by Gasteiger charge is -2.06. The van der Waals surface area contributed by atoms with Crippen molar-refractivity contribution in [2.45, 2.75) is 6.61 Å². The number of aliphatic hydroxyl groups excluding tert-OH is 1. The minimum atomic E-state index is -0.321. The standard InChI is InChI=1S/C12H10FNO2/c13-10-3-1-8(2-4-10)11-6-14-12(16)5-9(11)7-15/h1-6,15H,7H2,(H,14,16). The average Bonchev–Trinajstić information content (AvgIpc) is 2.30. The summed E-state index contributed by atoms with van der Waals surface area (Å²) in [6.07, 6.45) is 1.52. The highest BCUT2D eigenvalue weighted by Crippen LogP contribution is 2.21.